The molecule has 0 fully saturated rings. The predicted octanol–water partition coefficient (Wildman–Crippen LogP) is 2.96. The van der Waals surface area contributed by atoms with Crippen LogP contribution in [0, 0.1) is 10.1 Å². The van der Waals surface area contributed by atoms with Gasteiger partial charge in [0.05, 0.1) is 10.6 Å². The molecule has 0 saturated heterocycles. The SMILES string of the molecule is O=C(Nc1ccc(-c2ccc(=O)[nH]n2)cc1)Oc1ccc([N+](=O)[O-])cc1. The lowest BCUT2D eigenvalue weighted by Crippen LogP contribution is -2.16. The molecule has 0 atom stereocenters. The number of amides is 1. The van der Waals surface area contributed by atoms with E-state index in [0.29, 0.717) is 11.4 Å². The average molecular weight is 352 g/mol. The molecule has 0 unspecified atom stereocenters. The summed E-state index contributed by atoms with van der Waals surface area (Å²) in [7, 11) is 0. The summed E-state index contributed by atoms with van der Waals surface area (Å²) in [6.07, 6.45) is -0.728. The zero-order valence-corrected chi connectivity index (χ0v) is 13.2. The number of non-ortho nitro benzene ring substituents is 1. The largest absolute Gasteiger partial charge is 0.417 e. The number of anilines is 1. The van der Waals surface area contributed by atoms with Crippen LogP contribution in [0.4, 0.5) is 16.2 Å². The van der Waals surface area contributed by atoms with Gasteiger partial charge in [-0.15, -0.1) is 0 Å². The van der Waals surface area contributed by atoms with Crippen LogP contribution in [0.15, 0.2) is 65.5 Å². The van der Waals surface area contributed by atoms with E-state index in [1.807, 2.05) is 0 Å². The molecule has 0 aliphatic rings. The Labute approximate surface area is 146 Å². The molecule has 0 radical (unpaired) electrons. The van der Waals surface area contributed by atoms with Crippen LogP contribution in [0.1, 0.15) is 0 Å². The van der Waals surface area contributed by atoms with Crippen LogP contribution in [0.2, 0.25) is 0 Å². The fourth-order valence-electron chi connectivity index (χ4n) is 2.12. The van der Waals surface area contributed by atoms with Crippen molar-refractivity contribution in [2.75, 3.05) is 5.32 Å². The van der Waals surface area contributed by atoms with Crippen molar-refractivity contribution in [3.8, 4) is 17.0 Å². The quantitative estimate of drug-likeness (QED) is 0.549. The molecule has 0 saturated carbocycles. The molecule has 9 heteroatoms. The topological polar surface area (TPSA) is 127 Å². The van der Waals surface area contributed by atoms with Gasteiger partial charge in [0, 0.05) is 29.4 Å². The standard InChI is InChI=1S/C17H12N4O5/c22-16-10-9-15(19-20-16)11-1-3-12(4-2-11)18-17(23)26-14-7-5-13(6-8-14)21(24)25/h1-10H,(H,18,23)(H,20,22). The number of nitro benzene ring substituents is 1. The maximum absolute atomic E-state index is 11.9. The number of ether oxygens (including phenoxy) is 1. The van der Waals surface area contributed by atoms with Gasteiger partial charge in [0.25, 0.3) is 11.2 Å². The van der Waals surface area contributed by atoms with Crippen molar-refractivity contribution >= 4 is 17.5 Å². The van der Waals surface area contributed by atoms with Gasteiger partial charge in [0.1, 0.15) is 5.75 Å². The van der Waals surface area contributed by atoms with Gasteiger partial charge in [0.15, 0.2) is 0 Å². The summed E-state index contributed by atoms with van der Waals surface area (Å²) in [5.74, 6) is 0.183. The molecule has 2 N–H and O–H groups in total. The van der Waals surface area contributed by atoms with Crippen molar-refractivity contribution in [1.82, 2.24) is 10.2 Å². The van der Waals surface area contributed by atoms with Crippen LogP contribution < -0.4 is 15.6 Å². The first kappa shape index (κ1) is 16.8. The molecular weight excluding hydrogens is 340 g/mol. The zero-order valence-electron chi connectivity index (χ0n) is 13.2. The number of benzene rings is 2. The van der Waals surface area contributed by atoms with Gasteiger partial charge < -0.3 is 4.74 Å². The van der Waals surface area contributed by atoms with Gasteiger partial charge in [-0.05, 0) is 30.3 Å². The molecule has 3 aromatic rings. The number of rotatable bonds is 4. The van der Waals surface area contributed by atoms with Crippen LogP contribution in [0.3, 0.4) is 0 Å². The fourth-order valence-corrected chi connectivity index (χ4v) is 2.12. The normalized spacial score (nSPS) is 10.2. The number of H-pyrrole nitrogens is 1. The minimum atomic E-state index is -0.728. The lowest BCUT2D eigenvalue weighted by Gasteiger charge is -2.07. The summed E-state index contributed by atoms with van der Waals surface area (Å²) in [6.45, 7) is 0. The van der Waals surface area contributed by atoms with Crippen molar-refractivity contribution in [2.45, 2.75) is 0 Å². The number of carbonyl (C=O) groups is 1. The third-order valence-corrected chi connectivity index (χ3v) is 3.36. The molecule has 9 nitrogen and oxygen atoms in total. The molecule has 3 rings (SSSR count). The van der Waals surface area contributed by atoms with Gasteiger partial charge in [-0.1, -0.05) is 12.1 Å². The van der Waals surface area contributed by atoms with Gasteiger partial charge in [-0.25, -0.2) is 9.89 Å². The maximum Gasteiger partial charge on any atom is 0.417 e. The number of aromatic amines is 1. The van der Waals surface area contributed by atoms with Gasteiger partial charge >= 0.3 is 6.09 Å². The van der Waals surface area contributed by atoms with Crippen LogP contribution >= 0.6 is 0 Å². The molecule has 0 spiro atoms. The Hall–Kier alpha value is -4.01. The molecule has 2 aromatic carbocycles. The molecular formula is C17H12N4O5. The van der Waals surface area contributed by atoms with E-state index in [0.717, 1.165) is 5.56 Å². The van der Waals surface area contributed by atoms with Crippen molar-refractivity contribution in [3.63, 3.8) is 0 Å². The maximum atomic E-state index is 11.9. The van der Waals surface area contributed by atoms with Gasteiger partial charge in [0.2, 0.25) is 0 Å². The lowest BCUT2D eigenvalue weighted by molar-refractivity contribution is -0.384. The van der Waals surface area contributed by atoms with Crippen molar-refractivity contribution in [1.29, 1.82) is 0 Å². The fraction of sp³-hybridized carbons (Fsp3) is 0. The van der Waals surface area contributed by atoms with Crippen LogP contribution in [0.5, 0.6) is 5.75 Å². The number of nitrogens with one attached hydrogen (secondary N) is 2. The van der Waals surface area contributed by atoms with Crippen LogP contribution in [-0.4, -0.2) is 21.2 Å². The highest BCUT2D eigenvalue weighted by atomic mass is 16.6. The second kappa shape index (κ2) is 7.26. The van der Waals surface area contributed by atoms with E-state index in [1.165, 1.54) is 30.3 Å². The highest BCUT2D eigenvalue weighted by Crippen LogP contribution is 2.20. The van der Waals surface area contributed by atoms with Crippen molar-refractivity contribution in [3.05, 3.63) is 81.1 Å². The zero-order chi connectivity index (χ0) is 18.5. The molecule has 0 bridgehead atoms. The van der Waals surface area contributed by atoms with E-state index in [1.54, 1.807) is 30.3 Å². The summed E-state index contributed by atoms with van der Waals surface area (Å²) < 4.78 is 5.06. The van der Waals surface area contributed by atoms with E-state index < -0.39 is 11.0 Å². The molecule has 0 aliphatic carbocycles. The predicted molar refractivity (Wildman–Crippen MR) is 93.0 cm³/mol. The Morgan fingerprint density at radius 1 is 1.04 bits per heavy atom. The Morgan fingerprint density at radius 3 is 2.31 bits per heavy atom. The summed E-state index contributed by atoms with van der Waals surface area (Å²) in [4.78, 5) is 32.9. The summed E-state index contributed by atoms with van der Waals surface area (Å²) in [6, 6.07) is 14.9. The Bertz CT molecular complexity index is 976. The molecule has 26 heavy (non-hydrogen) atoms. The van der Waals surface area contributed by atoms with E-state index in [-0.39, 0.29) is 17.0 Å². The molecule has 1 aromatic heterocycles. The summed E-state index contributed by atoms with van der Waals surface area (Å²) in [5, 5.41) is 19.4. The highest BCUT2D eigenvalue weighted by molar-refractivity contribution is 5.86. The van der Waals surface area contributed by atoms with Gasteiger partial charge in [-0.2, -0.15) is 5.10 Å². The summed E-state index contributed by atoms with van der Waals surface area (Å²) in [5.41, 5.74) is 1.45. The Balaban J connectivity index is 1.63. The Kier molecular flexibility index (Phi) is 4.70. The van der Waals surface area contributed by atoms with Gasteiger partial charge in [-0.3, -0.25) is 20.2 Å². The second-order valence-electron chi connectivity index (χ2n) is 5.15. The number of hydrogen-bond donors (Lipinski definition) is 2. The summed E-state index contributed by atoms with van der Waals surface area (Å²) >= 11 is 0. The van der Waals surface area contributed by atoms with Crippen LogP contribution in [-0.2, 0) is 0 Å². The Morgan fingerprint density at radius 2 is 1.73 bits per heavy atom. The van der Waals surface area contributed by atoms with E-state index in [2.05, 4.69) is 15.5 Å². The number of hydrogen-bond acceptors (Lipinski definition) is 6. The lowest BCUT2D eigenvalue weighted by atomic mass is 10.1. The monoisotopic (exact) mass is 352 g/mol. The van der Waals surface area contributed by atoms with E-state index in [4.69, 9.17) is 4.74 Å². The minimum absolute atomic E-state index is 0.0933. The minimum Gasteiger partial charge on any atom is -0.410 e. The van der Waals surface area contributed by atoms with E-state index >= 15 is 0 Å². The first-order chi connectivity index (χ1) is 12.5. The molecule has 0 aliphatic heterocycles. The average Bonchev–Trinajstić information content (AvgIpc) is 2.63. The highest BCUT2D eigenvalue weighted by Gasteiger charge is 2.09. The smallest absolute Gasteiger partial charge is 0.410 e. The van der Waals surface area contributed by atoms with Crippen molar-refractivity contribution in [2.24, 2.45) is 0 Å². The number of nitrogens with zero attached hydrogens (tertiary/aromatic N) is 2. The molecule has 1 heterocycles. The first-order valence-corrected chi connectivity index (χ1v) is 7.41. The molecule has 130 valence electrons. The molecule has 1 amide bonds. The third kappa shape index (κ3) is 4.09. The third-order valence-electron chi connectivity index (χ3n) is 3.36. The van der Waals surface area contributed by atoms with Crippen LogP contribution in [0.25, 0.3) is 11.3 Å². The van der Waals surface area contributed by atoms with E-state index in [9.17, 15) is 19.7 Å². The first-order valence-electron chi connectivity index (χ1n) is 7.41. The van der Waals surface area contributed by atoms with Crippen molar-refractivity contribution < 1.29 is 14.5 Å². The number of aromatic nitrogens is 2. The number of nitro groups is 1. The number of carbonyl (C=O) groups excluding carboxylic acids is 1. The second-order valence-corrected chi connectivity index (χ2v) is 5.15.